The molecule has 0 spiro atoms. The number of carbonyl (C=O) groups excluding carboxylic acids is 1. The maximum Gasteiger partial charge on any atom is 0.293 e. The van der Waals surface area contributed by atoms with Crippen LogP contribution in [0.1, 0.15) is 20.8 Å². The molecular weight excluding hydrogens is 404 g/mol. The summed E-state index contributed by atoms with van der Waals surface area (Å²) in [7, 11) is -3.95. The van der Waals surface area contributed by atoms with E-state index in [4.69, 9.17) is 0 Å². The van der Waals surface area contributed by atoms with Crippen LogP contribution in [-0.4, -0.2) is 40.5 Å². The molecule has 0 aliphatic carbocycles. The van der Waals surface area contributed by atoms with Gasteiger partial charge in [0.15, 0.2) is 4.34 Å². The second-order valence-electron chi connectivity index (χ2n) is 5.66. The lowest BCUT2D eigenvalue weighted by molar-refractivity contribution is -0.123. The van der Waals surface area contributed by atoms with Crippen LogP contribution in [-0.2, 0) is 14.8 Å². The van der Waals surface area contributed by atoms with Crippen LogP contribution >= 0.6 is 34.4 Å². The number of aromatic nitrogens is 4. The SMILES string of the molecule is C=CCSc1nnc(NS(=O)(=O)c2nnc(NC(=O)C(C)(C)C)s2)s1. The summed E-state index contributed by atoms with van der Waals surface area (Å²) < 4.78 is 27.3. The molecule has 2 N–H and O–H groups in total. The first-order chi connectivity index (χ1) is 11.6. The van der Waals surface area contributed by atoms with E-state index in [1.165, 1.54) is 11.8 Å². The second-order valence-corrected chi connectivity index (χ2v) is 10.7. The Morgan fingerprint density at radius 1 is 1.20 bits per heavy atom. The van der Waals surface area contributed by atoms with Crippen LogP contribution in [0, 0.1) is 5.41 Å². The van der Waals surface area contributed by atoms with Gasteiger partial charge >= 0.3 is 0 Å². The molecule has 0 fully saturated rings. The van der Waals surface area contributed by atoms with Crippen molar-refractivity contribution in [2.24, 2.45) is 5.41 Å². The molecule has 0 atom stereocenters. The van der Waals surface area contributed by atoms with Crippen LogP contribution in [0.3, 0.4) is 0 Å². The summed E-state index contributed by atoms with van der Waals surface area (Å²) in [5.74, 6) is 0.364. The summed E-state index contributed by atoms with van der Waals surface area (Å²) in [6.45, 7) is 8.81. The van der Waals surface area contributed by atoms with Crippen LogP contribution in [0.2, 0.25) is 0 Å². The lowest BCUT2D eigenvalue weighted by Crippen LogP contribution is -2.27. The van der Waals surface area contributed by atoms with Gasteiger partial charge in [-0.15, -0.1) is 27.0 Å². The molecule has 9 nitrogen and oxygen atoms in total. The zero-order valence-electron chi connectivity index (χ0n) is 13.6. The van der Waals surface area contributed by atoms with E-state index in [9.17, 15) is 13.2 Å². The van der Waals surface area contributed by atoms with Crippen molar-refractivity contribution < 1.29 is 13.2 Å². The summed E-state index contributed by atoms with van der Waals surface area (Å²) in [4.78, 5) is 11.9. The lowest BCUT2D eigenvalue weighted by atomic mass is 9.96. The Morgan fingerprint density at radius 3 is 2.52 bits per heavy atom. The number of thioether (sulfide) groups is 1. The fourth-order valence-electron chi connectivity index (χ4n) is 1.25. The van der Waals surface area contributed by atoms with Gasteiger partial charge in [0.25, 0.3) is 14.4 Å². The number of rotatable bonds is 7. The van der Waals surface area contributed by atoms with Gasteiger partial charge in [-0.1, -0.05) is 61.3 Å². The lowest BCUT2D eigenvalue weighted by Gasteiger charge is -2.15. The fourth-order valence-corrected chi connectivity index (χ4v) is 4.89. The topological polar surface area (TPSA) is 127 Å². The molecular formula is C12H16N6O3S4. The third-order valence-corrected chi connectivity index (χ3v) is 7.13. The highest BCUT2D eigenvalue weighted by Crippen LogP contribution is 2.28. The zero-order chi connectivity index (χ0) is 18.7. The molecule has 0 aliphatic heterocycles. The molecule has 1 amide bonds. The first-order valence-corrected chi connectivity index (χ1v) is 11.0. The highest BCUT2D eigenvalue weighted by Gasteiger charge is 2.26. The van der Waals surface area contributed by atoms with E-state index in [1.807, 2.05) is 0 Å². The van der Waals surface area contributed by atoms with Crippen LogP contribution in [0.5, 0.6) is 0 Å². The smallest absolute Gasteiger partial charge is 0.293 e. The average molecular weight is 421 g/mol. The van der Waals surface area contributed by atoms with Gasteiger partial charge in [-0.3, -0.25) is 9.52 Å². The summed E-state index contributed by atoms with van der Waals surface area (Å²) in [6, 6.07) is 0. The van der Waals surface area contributed by atoms with Crippen molar-refractivity contribution in [3.8, 4) is 0 Å². The number of anilines is 2. The van der Waals surface area contributed by atoms with E-state index in [0.717, 1.165) is 22.7 Å². The molecule has 2 aromatic rings. The Morgan fingerprint density at radius 2 is 1.88 bits per heavy atom. The highest BCUT2D eigenvalue weighted by molar-refractivity contribution is 8.01. The first kappa shape index (κ1) is 19.8. The van der Waals surface area contributed by atoms with Gasteiger partial charge in [0.05, 0.1) is 0 Å². The fraction of sp³-hybridized carbons (Fsp3) is 0.417. The van der Waals surface area contributed by atoms with Crippen molar-refractivity contribution in [3.63, 3.8) is 0 Å². The van der Waals surface area contributed by atoms with Gasteiger partial charge < -0.3 is 5.32 Å². The van der Waals surface area contributed by atoms with Gasteiger partial charge in [0.1, 0.15) is 0 Å². The molecule has 2 aromatic heterocycles. The summed E-state index contributed by atoms with van der Waals surface area (Å²) >= 11 is 3.26. The highest BCUT2D eigenvalue weighted by atomic mass is 32.2. The number of hydrogen-bond donors (Lipinski definition) is 2. The zero-order valence-corrected chi connectivity index (χ0v) is 16.9. The van der Waals surface area contributed by atoms with Crippen molar-refractivity contribution in [1.29, 1.82) is 0 Å². The molecule has 0 bridgehead atoms. The number of amides is 1. The third-order valence-electron chi connectivity index (χ3n) is 2.49. The number of hydrogen-bond acceptors (Lipinski definition) is 10. The number of carbonyl (C=O) groups is 1. The monoisotopic (exact) mass is 420 g/mol. The number of nitrogens with zero attached hydrogens (tertiary/aromatic N) is 4. The van der Waals surface area contributed by atoms with Crippen LogP contribution in [0.4, 0.5) is 10.3 Å². The minimum atomic E-state index is -3.95. The maximum absolute atomic E-state index is 12.3. The first-order valence-electron chi connectivity index (χ1n) is 6.87. The molecule has 13 heteroatoms. The number of nitrogens with one attached hydrogen (secondary N) is 2. The molecule has 2 heterocycles. The van der Waals surface area contributed by atoms with Crippen molar-refractivity contribution in [2.75, 3.05) is 15.8 Å². The summed E-state index contributed by atoms with van der Waals surface area (Å²) in [6.07, 6.45) is 1.71. The molecule has 0 saturated heterocycles. The van der Waals surface area contributed by atoms with Gasteiger partial charge in [-0.05, 0) is 0 Å². The van der Waals surface area contributed by atoms with E-state index in [1.54, 1.807) is 26.8 Å². The Hall–Kier alpha value is -1.57. The largest absolute Gasteiger partial charge is 0.300 e. The van der Waals surface area contributed by atoms with Crippen LogP contribution in [0.25, 0.3) is 0 Å². The van der Waals surface area contributed by atoms with Gasteiger partial charge in [0.2, 0.25) is 16.2 Å². The predicted octanol–water partition coefficient (Wildman–Crippen LogP) is 2.45. The summed E-state index contributed by atoms with van der Waals surface area (Å²) in [5.41, 5.74) is -0.630. The van der Waals surface area contributed by atoms with Crippen LogP contribution in [0.15, 0.2) is 21.3 Å². The summed E-state index contributed by atoms with van der Waals surface area (Å²) in [5, 5.41) is 17.7. The standard InChI is InChI=1S/C12H16N6O3S4/c1-5-6-22-10-16-15-9(23-10)18-25(20,21)11-17-14-8(24-11)13-7(19)12(2,3)4/h5H,1,6H2,2-4H3,(H,15,18)(H,13,14,19). The van der Waals surface area contributed by atoms with Gasteiger partial charge in [-0.2, -0.15) is 8.42 Å². The van der Waals surface area contributed by atoms with Crippen molar-refractivity contribution >= 4 is 60.6 Å². The van der Waals surface area contributed by atoms with E-state index in [0.29, 0.717) is 10.1 Å². The second kappa shape index (κ2) is 7.76. The maximum atomic E-state index is 12.3. The van der Waals surface area contributed by atoms with E-state index < -0.39 is 15.4 Å². The van der Waals surface area contributed by atoms with Crippen molar-refractivity contribution in [2.45, 2.75) is 29.5 Å². The van der Waals surface area contributed by atoms with E-state index >= 15 is 0 Å². The quantitative estimate of drug-likeness (QED) is 0.397. The number of sulfonamides is 1. The average Bonchev–Trinajstić information content (AvgIpc) is 3.13. The van der Waals surface area contributed by atoms with Gasteiger partial charge in [-0.25, -0.2) is 0 Å². The minimum absolute atomic E-state index is 0.111. The molecule has 0 unspecified atom stereocenters. The third kappa shape index (κ3) is 5.45. The molecule has 0 radical (unpaired) electrons. The molecule has 0 saturated carbocycles. The molecule has 25 heavy (non-hydrogen) atoms. The molecule has 0 aliphatic rings. The molecule has 0 aromatic carbocycles. The normalized spacial score (nSPS) is 12.0. The van der Waals surface area contributed by atoms with Crippen molar-refractivity contribution in [3.05, 3.63) is 12.7 Å². The molecule has 136 valence electrons. The van der Waals surface area contributed by atoms with Crippen LogP contribution < -0.4 is 10.0 Å². The Labute approximate surface area is 157 Å². The van der Waals surface area contributed by atoms with E-state index in [-0.39, 0.29) is 20.5 Å². The molecule has 2 rings (SSSR count). The Bertz CT molecular complexity index is 868. The van der Waals surface area contributed by atoms with Gasteiger partial charge in [0, 0.05) is 11.2 Å². The predicted molar refractivity (Wildman–Crippen MR) is 99.6 cm³/mol. The Kier molecular flexibility index (Phi) is 6.13. The Balaban J connectivity index is 2.08. The van der Waals surface area contributed by atoms with E-state index in [2.05, 4.69) is 37.0 Å². The minimum Gasteiger partial charge on any atom is -0.300 e. The van der Waals surface area contributed by atoms with Crippen molar-refractivity contribution in [1.82, 2.24) is 20.4 Å².